The van der Waals surface area contributed by atoms with Crippen LogP contribution in [0.25, 0.3) is 0 Å². The molecule has 1 aliphatic carbocycles. The van der Waals surface area contributed by atoms with Gasteiger partial charge in [0.15, 0.2) is 0 Å². The number of hydrogen-bond donors (Lipinski definition) is 1. The molecule has 2 heterocycles. The summed E-state index contributed by atoms with van der Waals surface area (Å²) < 4.78 is 11.3. The Morgan fingerprint density at radius 3 is 2.70 bits per heavy atom. The molecule has 2 unspecified atom stereocenters. The summed E-state index contributed by atoms with van der Waals surface area (Å²) in [5, 5.41) is 0. The van der Waals surface area contributed by atoms with Crippen molar-refractivity contribution in [2.75, 3.05) is 32.9 Å². The lowest BCUT2D eigenvalue weighted by Crippen LogP contribution is -2.60. The molecule has 3 rings (SSSR count). The van der Waals surface area contributed by atoms with E-state index in [0.29, 0.717) is 26.4 Å². The average Bonchev–Trinajstić information content (AvgIpc) is 2.54. The van der Waals surface area contributed by atoms with Gasteiger partial charge in [0.2, 0.25) is 5.91 Å². The van der Waals surface area contributed by atoms with E-state index in [1.807, 2.05) is 0 Å². The SMILES string of the molecule is NCC1(C(=O)N2CCOC3CCCCC32)CCOCC1. The minimum absolute atomic E-state index is 0.246. The molecule has 5 heteroatoms. The zero-order chi connectivity index (χ0) is 14.0. The fourth-order valence-corrected chi connectivity index (χ4v) is 3.92. The Morgan fingerprint density at radius 1 is 1.20 bits per heavy atom. The minimum Gasteiger partial charge on any atom is -0.381 e. The number of nitrogens with two attached hydrogens (primary N) is 1. The largest absolute Gasteiger partial charge is 0.381 e. The molecule has 0 spiro atoms. The van der Waals surface area contributed by atoms with E-state index < -0.39 is 5.41 Å². The molecule has 20 heavy (non-hydrogen) atoms. The summed E-state index contributed by atoms with van der Waals surface area (Å²) in [6.45, 7) is 3.14. The van der Waals surface area contributed by atoms with Crippen LogP contribution in [0.4, 0.5) is 0 Å². The third-order valence-electron chi connectivity index (χ3n) is 5.29. The number of rotatable bonds is 2. The smallest absolute Gasteiger partial charge is 0.230 e. The van der Waals surface area contributed by atoms with E-state index in [4.69, 9.17) is 15.2 Å². The normalized spacial score (nSPS) is 33.5. The van der Waals surface area contributed by atoms with Gasteiger partial charge in [0.1, 0.15) is 0 Å². The molecule has 0 aromatic carbocycles. The predicted molar refractivity (Wildman–Crippen MR) is 75.2 cm³/mol. The third kappa shape index (κ3) is 2.47. The first-order valence-corrected chi connectivity index (χ1v) is 7.97. The highest BCUT2D eigenvalue weighted by atomic mass is 16.5. The number of carbonyl (C=O) groups is 1. The summed E-state index contributed by atoms with van der Waals surface area (Å²) >= 11 is 0. The Bertz CT molecular complexity index is 353. The van der Waals surface area contributed by atoms with Crippen LogP contribution < -0.4 is 5.73 Å². The Labute approximate surface area is 120 Å². The highest BCUT2D eigenvalue weighted by Crippen LogP contribution is 2.36. The van der Waals surface area contributed by atoms with Crippen molar-refractivity contribution < 1.29 is 14.3 Å². The van der Waals surface area contributed by atoms with Gasteiger partial charge < -0.3 is 20.1 Å². The Kier molecular flexibility index (Phi) is 4.29. The third-order valence-corrected chi connectivity index (χ3v) is 5.29. The molecule has 0 aromatic rings. The van der Waals surface area contributed by atoms with Crippen molar-refractivity contribution in [3.05, 3.63) is 0 Å². The molecular weight excluding hydrogens is 256 g/mol. The molecule has 114 valence electrons. The van der Waals surface area contributed by atoms with Gasteiger partial charge in [-0.1, -0.05) is 12.8 Å². The maximum absolute atomic E-state index is 13.1. The van der Waals surface area contributed by atoms with Crippen LogP contribution in [0, 0.1) is 5.41 Å². The van der Waals surface area contributed by atoms with E-state index in [1.54, 1.807) is 0 Å². The molecule has 3 aliphatic rings. The lowest BCUT2D eigenvalue weighted by molar-refractivity contribution is -0.164. The van der Waals surface area contributed by atoms with Crippen LogP contribution in [0.1, 0.15) is 38.5 Å². The Morgan fingerprint density at radius 2 is 1.95 bits per heavy atom. The van der Waals surface area contributed by atoms with Crippen molar-refractivity contribution in [1.82, 2.24) is 4.90 Å². The number of hydrogen-bond acceptors (Lipinski definition) is 4. The maximum atomic E-state index is 13.1. The van der Waals surface area contributed by atoms with Gasteiger partial charge >= 0.3 is 0 Å². The van der Waals surface area contributed by atoms with Crippen LogP contribution in [0.15, 0.2) is 0 Å². The molecule has 2 atom stereocenters. The van der Waals surface area contributed by atoms with Gasteiger partial charge in [-0.25, -0.2) is 0 Å². The lowest BCUT2D eigenvalue weighted by Gasteiger charge is -2.48. The summed E-state index contributed by atoms with van der Waals surface area (Å²) in [7, 11) is 0. The van der Waals surface area contributed by atoms with E-state index in [2.05, 4.69) is 4.90 Å². The van der Waals surface area contributed by atoms with Crippen molar-refractivity contribution in [2.45, 2.75) is 50.7 Å². The number of nitrogens with zero attached hydrogens (tertiary/aromatic N) is 1. The van der Waals surface area contributed by atoms with E-state index in [1.165, 1.54) is 12.8 Å². The zero-order valence-electron chi connectivity index (χ0n) is 12.2. The first kappa shape index (κ1) is 14.3. The first-order chi connectivity index (χ1) is 9.77. The molecule has 1 amide bonds. The van der Waals surface area contributed by atoms with Crippen molar-refractivity contribution in [2.24, 2.45) is 11.1 Å². The molecule has 1 saturated carbocycles. The second-order valence-electron chi connectivity index (χ2n) is 6.36. The summed E-state index contributed by atoms with van der Waals surface area (Å²) in [6, 6.07) is 0.274. The van der Waals surface area contributed by atoms with Crippen LogP contribution >= 0.6 is 0 Å². The van der Waals surface area contributed by atoms with E-state index in [-0.39, 0.29) is 18.1 Å². The minimum atomic E-state index is -0.391. The van der Waals surface area contributed by atoms with Crippen LogP contribution in [0.3, 0.4) is 0 Å². The molecule has 2 saturated heterocycles. The number of morpholine rings is 1. The molecule has 0 bridgehead atoms. The van der Waals surface area contributed by atoms with Crippen LogP contribution in [-0.4, -0.2) is 55.9 Å². The molecule has 0 aromatic heterocycles. The van der Waals surface area contributed by atoms with Crippen LogP contribution in [0.2, 0.25) is 0 Å². The number of fused-ring (bicyclic) bond motifs is 1. The predicted octanol–water partition coefficient (Wildman–Crippen LogP) is 0.912. The van der Waals surface area contributed by atoms with Gasteiger partial charge in [-0.15, -0.1) is 0 Å². The highest BCUT2D eigenvalue weighted by Gasteiger charge is 2.46. The van der Waals surface area contributed by atoms with Gasteiger partial charge in [0.25, 0.3) is 0 Å². The topological polar surface area (TPSA) is 64.8 Å². The lowest BCUT2D eigenvalue weighted by atomic mass is 9.77. The molecule has 5 nitrogen and oxygen atoms in total. The number of carbonyl (C=O) groups excluding carboxylic acids is 1. The summed E-state index contributed by atoms with van der Waals surface area (Å²) in [4.78, 5) is 15.2. The molecule has 0 radical (unpaired) electrons. The maximum Gasteiger partial charge on any atom is 0.230 e. The molecular formula is C15H26N2O3. The Balaban J connectivity index is 1.77. The van der Waals surface area contributed by atoms with Gasteiger partial charge in [-0.2, -0.15) is 0 Å². The zero-order valence-corrected chi connectivity index (χ0v) is 12.2. The standard InChI is InChI=1S/C15H26N2O3/c16-11-15(5-8-19-9-6-15)14(18)17-7-10-20-13-4-2-1-3-12(13)17/h12-13H,1-11,16H2. The van der Waals surface area contributed by atoms with Crippen molar-refractivity contribution in [3.63, 3.8) is 0 Å². The summed E-state index contributed by atoms with van der Waals surface area (Å²) in [5.74, 6) is 0.253. The second-order valence-corrected chi connectivity index (χ2v) is 6.36. The van der Waals surface area contributed by atoms with Gasteiger partial charge in [0.05, 0.1) is 24.2 Å². The van der Waals surface area contributed by atoms with E-state index >= 15 is 0 Å². The highest BCUT2D eigenvalue weighted by molar-refractivity contribution is 5.83. The van der Waals surface area contributed by atoms with E-state index in [0.717, 1.165) is 32.2 Å². The number of amides is 1. The van der Waals surface area contributed by atoms with Crippen molar-refractivity contribution in [3.8, 4) is 0 Å². The van der Waals surface area contributed by atoms with Crippen LogP contribution in [0.5, 0.6) is 0 Å². The van der Waals surface area contributed by atoms with Crippen molar-refractivity contribution >= 4 is 5.91 Å². The quantitative estimate of drug-likeness (QED) is 0.817. The summed E-state index contributed by atoms with van der Waals surface area (Å²) in [5.41, 5.74) is 5.59. The average molecular weight is 282 g/mol. The molecule has 3 fully saturated rings. The van der Waals surface area contributed by atoms with Gasteiger partial charge in [-0.05, 0) is 25.7 Å². The van der Waals surface area contributed by atoms with E-state index in [9.17, 15) is 4.79 Å². The molecule has 2 N–H and O–H groups in total. The van der Waals surface area contributed by atoms with Crippen LogP contribution in [-0.2, 0) is 14.3 Å². The monoisotopic (exact) mass is 282 g/mol. The fourth-order valence-electron chi connectivity index (χ4n) is 3.92. The summed E-state index contributed by atoms with van der Waals surface area (Å²) in [6.07, 6.45) is 6.36. The van der Waals surface area contributed by atoms with Gasteiger partial charge in [-0.3, -0.25) is 4.79 Å². The second kappa shape index (κ2) is 6.00. The fraction of sp³-hybridized carbons (Fsp3) is 0.933. The number of ether oxygens (including phenoxy) is 2. The van der Waals surface area contributed by atoms with Gasteiger partial charge in [0, 0.05) is 26.3 Å². The Hall–Kier alpha value is -0.650. The first-order valence-electron chi connectivity index (χ1n) is 7.97. The van der Waals surface area contributed by atoms with Crippen molar-refractivity contribution in [1.29, 1.82) is 0 Å². The molecule has 2 aliphatic heterocycles.